The fourth-order valence-corrected chi connectivity index (χ4v) is 12.7. The number of carbonyl (C=O) groups is 4. The summed E-state index contributed by atoms with van der Waals surface area (Å²) < 4.78 is 68.8. The molecule has 0 aromatic rings. The smallest absolute Gasteiger partial charge is 0.462 e. The van der Waals surface area contributed by atoms with Gasteiger partial charge in [0, 0.05) is 25.7 Å². The lowest BCUT2D eigenvalue weighted by molar-refractivity contribution is -0.161. The van der Waals surface area contributed by atoms with Gasteiger partial charge in [-0.25, -0.2) is 9.13 Å². The molecule has 0 rings (SSSR count). The summed E-state index contributed by atoms with van der Waals surface area (Å²) in [6, 6.07) is 0. The van der Waals surface area contributed by atoms with Gasteiger partial charge in [0.25, 0.3) is 0 Å². The van der Waals surface area contributed by atoms with Crippen molar-refractivity contribution >= 4 is 39.5 Å². The molecule has 0 aliphatic carbocycles. The molecule has 638 valence electrons. The molecule has 0 spiro atoms. The molecule has 0 amide bonds. The summed E-state index contributed by atoms with van der Waals surface area (Å²) in [5.74, 6) is -2.26. The van der Waals surface area contributed by atoms with Crippen molar-refractivity contribution in [1.82, 2.24) is 0 Å². The van der Waals surface area contributed by atoms with Crippen LogP contribution in [0.1, 0.15) is 336 Å². The van der Waals surface area contributed by atoms with Crippen LogP contribution in [-0.4, -0.2) is 96.7 Å². The van der Waals surface area contributed by atoms with Crippen molar-refractivity contribution in [2.45, 2.75) is 354 Å². The highest BCUT2D eigenvalue weighted by molar-refractivity contribution is 7.47. The van der Waals surface area contributed by atoms with Crippen LogP contribution in [0.5, 0.6) is 0 Å². The first-order valence-electron chi connectivity index (χ1n) is 43.4. The highest BCUT2D eigenvalue weighted by Gasteiger charge is 2.30. The lowest BCUT2D eigenvalue weighted by Gasteiger charge is -2.21. The molecule has 5 atom stereocenters. The predicted octanol–water partition coefficient (Wildman–Crippen LogP) is 26.1. The molecular formula is C93H154O17P2. The van der Waals surface area contributed by atoms with Crippen molar-refractivity contribution in [3.63, 3.8) is 0 Å². The molecular weight excluding hydrogens is 1450 g/mol. The van der Waals surface area contributed by atoms with E-state index in [4.69, 9.17) is 37.0 Å². The summed E-state index contributed by atoms with van der Waals surface area (Å²) >= 11 is 0. The minimum Gasteiger partial charge on any atom is -0.462 e. The molecule has 17 nitrogen and oxygen atoms in total. The number of esters is 4. The second-order valence-electron chi connectivity index (χ2n) is 28.4. The summed E-state index contributed by atoms with van der Waals surface area (Å²) in [5.41, 5.74) is 0. The largest absolute Gasteiger partial charge is 0.472 e. The normalized spacial score (nSPS) is 14.6. The summed E-state index contributed by atoms with van der Waals surface area (Å²) in [7, 11) is -10.0. The second-order valence-corrected chi connectivity index (χ2v) is 31.3. The van der Waals surface area contributed by atoms with Gasteiger partial charge in [-0.05, 0) is 180 Å². The van der Waals surface area contributed by atoms with E-state index in [1.165, 1.54) is 38.5 Å². The molecule has 0 aromatic heterocycles. The van der Waals surface area contributed by atoms with Crippen LogP contribution < -0.4 is 0 Å². The maximum Gasteiger partial charge on any atom is 0.472 e. The lowest BCUT2D eigenvalue weighted by atomic mass is 10.1. The maximum atomic E-state index is 13.2. The van der Waals surface area contributed by atoms with E-state index in [0.717, 1.165) is 218 Å². The molecule has 0 aliphatic rings. The Bertz CT molecular complexity index is 2790. The number of rotatable bonds is 80. The van der Waals surface area contributed by atoms with E-state index in [0.29, 0.717) is 25.7 Å². The quantitative estimate of drug-likeness (QED) is 0.0169. The van der Waals surface area contributed by atoms with Crippen molar-refractivity contribution in [2.24, 2.45) is 0 Å². The number of aliphatic hydroxyl groups excluding tert-OH is 1. The minimum atomic E-state index is -5.00. The van der Waals surface area contributed by atoms with Crippen LogP contribution in [0.3, 0.4) is 0 Å². The Hall–Kier alpha value is -5.58. The van der Waals surface area contributed by atoms with Gasteiger partial charge in [-0.2, -0.15) is 0 Å². The van der Waals surface area contributed by atoms with Crippen LogP contribution in [0.25, 0.3) is 0 Å². The van der Waals surface area contributed by atoms with Crippen molar-refractivity contribution < 1.29 is 80.2 Å². The monoisotopic (exact) mass is 1610 g/mol. The number of ether oxygens (including phenoxy) is 4. The molecule has 0 radical (unpaired) electrons. The SMILES string of the molecule is CC/C=C\C/C=C\C/C=C\C/C=C\CCCCCCC(=O)OCC(COP(=O)(O)OCC(O)COP(=O)(O)OCC(COC(=O)CCCCCCCC/C=C\C/C=C\C/C=C\CCCCC)OC(=O)CCCCCCCC/C=C\C/C=C\C/C=C\CCCCC)OC(=O)CCCCCC/C=C\C/C=C\C/C=C\C/C=C\CC. The van der Waals surface area contributed by atoms with Crippen LogP contribution >= 0.6 is 15.6 Å². The van der Waals surface area contributed by atoms with Gasteiger partial charge < -0.3 is 33.8 Å². The number of carbonyl (C=O) groups excluding carboxylic acids is 4. The summed E-state index contributed by atoms with van der Waals surface area (Å²) in [6.07, 6.45) is 100. The van der Waals surface area contributed by atoms with Gasteiger partial charge in [0.05, 0.1) is 26.4 Å². The molecule has 0 saturated heterocycles. The van der Waals surface area contributed by atoms with Crippen molar-refractivity contribution in [1.29, 1.82) is 0 Å². The molecule has 0 heterocycles. The van der Waals surface area contributed by atoms with Crippen molar-refractivity contribution in [2.75, 3.05) is 39.6 Å². The molecule has 0 bridgehead atoms. The fourth-order valence-electron chi connectivity index (χ4n) is 11.1. The molecule has 0 saturated carbocycles. The predicted molar refractivity (Wildman–Crippen MR) is 463 cm³/mol. The average Bonchev–Trinajstić information content (AvgIpc) is 0.898. The van der Waals surface area contributed by atoms with Crippen LogP contribution in [0.2, 0.25) is 0 Å². The zero-order valence-electron chi connectivity index (χ0n) is 70.0. The Morgan fingerprint density at radius 1 is 0.259 bits per heavy atom. The first-order valence-corrected chi connectivity index (χ1v) is 46.4. The van der Waals surface area contributed by atoms with Gasteiger partial charge >= 0.3 is 39.5 Å². The van der Waals surface area contributed by atoms with Gasteiger partial charge in [-0.1, -0.05) is 301 Å². The molecule has 0 fully saturated rings. The number of aliphatic hydroxyl groups is 1. The second kappa shape index (κ2) is 83.4. The van der Waals surface area contributed by atoms with Gasteiger partial charge in [0.2, 0.25) is 0 Å². The van der Waals surface area contributed by atoms with E-state index in [9.17, 15) is 43.2 Å². The molecule has 19 heteroatoms. The van der Waals surface area contributed by atoms with Crippen molar-refractivity contribution in [3.05, 3.63) is 170 Å². The van der Waals surface area contributed by atoms with Gasteiger partial charge in [-0.15, -0.1) is 0 Å². The van der Waals surface area contributed by atoms with E-state index >= 15 is 0 Å². The lowest BCUT2D eigenvalue weighted by Crippen LogP contribution is -2.30. The standard InChI is InChI=1S/C93H154O17P2/c1-5-9-13-17-21-25-29-33-37-41-43-47-50-54-58-62-66-70-74-78-91(96)104-84-89(110-93(98)80-76-72-68-64-60-56-52-48-44-42-38-34-30-26-22-18-14-10-6-2)86-108-112(101,102)106-82-87(94)81-105-111(99,100)107-85-88(109-92(97)79-75-71-67-63-59-55-51-46-40-36-32-28-24-20-16-12-8-4)83-103-90(95)77-73-69-65-61-57-53-49-45-39-35-31-27-23-19-15-11-7-3/h11-12,15-16,21-28,33-40,43-44,47-49,51,53,55,87-89,94H,5-10,13-14,17-20,29-32,41-42,45-46,50,52,54,56-86H2,1-4H3,(H,99,100)(H,101,102)/b15-11-,16-12-,25-21-,26-22-,27-23-,28-24-,37-33-,38-34-,39-35-,40-36-,47-43-,48-44-,53-49-,55-51-. The number of hydrogen-bond acceptors (Lipinski definition) is 15. The third kappa shape index (κ3) is 82.4. The Kier molecular flexibility index (Phi) is 79.2. The first kappa shape index (κ1) is 106. The number of phosphoric acid groups is 2. The van der Waals surface area contributed by atoms with Crippen LogP contribution in [-0.2, 0) is 65.4 Å². The van der Waals surface area contributed by atoms with E-state index in [2.05, 4.69) is 198 Å². The molecule has 5 unspecified atom stereocenters. The number of unbranched alkanes of at least 4 members (excludes halogenated alkanes) is 26. The topological polar surface area (TPSA) is 237 Å². The zero-order valence-corrected chi connectivity index (χ0v) is 71.8. The van der Waals surface area contributed by atoms with E-state index in [1.807, 2.05) is 0 Å². The maximum absolute atomic E-state index is 13.2. The first-order chi connectivity index (χ1) is 54.7. The number of hydrogen-bond donors (Lipinski definition) is 3. The Morgan fingerprint density at radius 3 is 0.714 bits per heavy atom. The molecule has 112 heavy (non-hydrogen) atoms. The highest BCUT2D eigenvalue weighted by atomic mass is 31.2. The fraction of sp³-hybridized carbons (Fsp3) is 0.656. The Balaban J connectivity index is 5.47. The third-order valence-corrected chi connectivity index (χ3v) is 19.5. The number of allylic oxidation sites excluding steroid dienone is 28. The minimum absolute atomic E-state index is 0.0550. The zero-order chi connectivity index (χ0) is 81.7. The summed E-state index contributed by atoms with van der Waals surface area (Å²) in [5, 5.41) is 10.7. The van der Waals surface area contributed by atoms with Gasteiger partial charge in [0.1, 0.15) is 19.3 Å². The van der Waals surface area contributed by atoms with E-state index in [1.54, 1.807) is 0 Å². The summed E-state index contributed by atoms with van der Waals surface area (Å²) in [4.78, 5) is 73.3. The van der Waals surface area contributed by atoms with Crippen LogP contribution in [0.4, 0.5) is 0 Å². The van der Waals surface area contributed by atoms with Crippen molar-refractivity contribution in [3.8, 4) is 0 Å². The van der Waals surface area contributed by atoms with Crippen LogP contribution in [0.15, 0.2) is 170 Å². The molecule has 3 N–H and O–H groups in total. The summed E-state index contributed by atoms with van der Waals surface area (Å²) in [6.45, 7) is 4.53. The van der Waals surface area contributed by atoms with Crippen LogP contribution in [0, 0.1) is 0 Å². The number of phosphoric ester groups is 2. The van der Waals surface area contributed by atoms with Gasteiger partial charge in [-0.3, -0.25) is 37.3 Å². The van der Waals surface area contributed by atoms with E-state index in [-0.39, 0.29) is 25.7 Å². The highest BCUT2D eigenvalue weighted by Crippen LogP contribution is 2.45. The Morgan fingerprint density at radius 2 is 0.464 bits per heavy atom. The molecule has 0 aliphatic heterocycles. The Labute approximate surface area is 680 Å². The molecule has 0 aromatic carbocycles. The van der Waals surface area contributed by atoms with E-state index < -0.39 is 97.5 Å². The van der Waals surface area contributed by atoms with Gasteiger partial charge in [0.15, 0.2) is 12.2 Å². The average molecular weight is 1610 g/mol. The third-order valence-electron chi connectivity index (χ3n) is 17.6.